The first-order valence-electron chi connectivity index (χ1n) is 8.38. The monoisotopic (exact) mass is 449 g/mol. The maximum absolute atomic E-state index is 11.4. The Labute approximate surface area is 181 Å². The van der Waals surface area contributed by atoms with Crippen LogP contribution in [0.4, 0.5) is 0 Å². The molecule has 3 rings (SSSR count). The highest BCUT2D eigenvalue weighted by atomic mass is 35.5. The lowest BCUT2D eigenvalue weighted by molar-refractivity contribution is -0.132. The number of ether oxygens (including phenoxy) is 2. The summed E-state index contributed by atoms with van der Waals surface area (Å²) in [5.41, 5.74) is 1.49. The van der Waals surface area contributed by atoms with Gasteiger partial charge in [0, 0.05) is 29.8 Å². The average molecular weight is 451 g/mol. The molecule has 0 aliphatic carbocycles. The molecule has 5 nitrogen and oxygen atoms in total. The van der Waals surface area contributed by atoms with Crippen LogP contribution in [0.2, 0.25) is 15.1 Å². The van der Waals surface area contributed by atoms with E-state index in [9.17, 15) is 9.59 Å². The minimum Gasteiger partial charge on any atom is -0.426 e. The second-order valence-electron chi connectivity index (χ2n) is 6.00. The van der Waals surface area contributed by atoms with Gasteiger partial charge >= 0.3 is 11.9 Å². The second kappa shape index (κ2) is 8.82. The number of aromatic nitrogens is 1. The van der Waals surface area contributed by atoms with E-state index in [2.05, 4.69) is 4.98 Å². The first-order valence-corrected chi connectivity index (χ1v) is 9.51. The fourth-order valence-electron chi connectivity index (χ4n) is 2.61. The molecule has 0 saturated carbocycles. The summed E-state index contributed by atoms with van der Waals surface area (Å²) in [7, 11) is 0. The normalized spacial score (nSPS) is 11.1. The zero-order valence-corrected chi connectivity index (χ0v) is 17.6. The van der Waals surface area contributed by atoms with Gasteiger partial charge in [-0.25, -0.2) is 4.98 Å². The summed E-state index contributed by atoms with van der Waals surface area (Å²) in [4.78, 5) is 27.2. The molecular formula is C21H14Cl3NO4. The summed E-state index contributed by atoms with van der Waals surface area (Å²) in [5.74, 6) is -0.466. The van der Waals surface area contributed by atoms with E-state index in [1.165, 1.54) is 19.9 Å². The SMILES string of the molecule is CC(=O)Oc1ccc(Cl)cc1/C=C/c1ccc2c(Cl)cc(Cl)c(OC(C)=O)c2n1. The quantitative estimate of drug-likeness (QED) is 0.349. The maximum Gasteiger partial charge on any atom is 0.308 e. The molecule has 29 heavy (non-hydrogen) atoms. The minimum absolute atomic E-state index is 0.136. The number of esters is 2. The topological polar surface area (TPSA) is 65.5 Å². The zero-order chi connectivity index (χ0) is 21.1. The van der Waals surface area contributed by atoms with Gasteiger partial charge in [0.25, 0.3) is 0 Å². The van der Waals surface area contributed by atoms with E-state index in [1.54, 1.807) is 42.5 Å². The number of halogens is 3. The van der Waals surface area contributed by atoms with E-state index in [0.717, 1.165) is 0 Å². The van der Waals surface area contributed by atoms with Crippen molar-refractivity contribution in [2.45, 2.75) is 13.8 Å². The predicted molar refractivity (Wildman–Crippen MR) is 115 cm³/mol. The van der Waals surface area contributed by atoms with Crippen molar-refractivity contribution in [2.24, 2.45) is 0 Å². The lowest BCUT2D eigenvalue weighted by atomic mass is 10.1. The molecule has 0 unspecified atom stereocenters. The fourth-order valence-corrected chi connectivity index (χ4v) is 3.35. The van der Waals surface area contributed by atoms with Crippen molar-refractivity contribution < 1.29 is 19.1 Å². The lowest BCUT2D eigenvalue weighted by Crippen LogP contribution is -2.03. The third kappa shape index (κ3) is 5.07. The molecule has 0 spiro atoms. The Bertz CT molecular complexity index is 1160. The van der Waals surface area contributed by atoms with Crippen LogP contribution in [0.1, 0.15) is 25.1 Å². The van der Waals surface area contributed by atoms with E-state index in [1.807, 2.05) is 0 Å². The van der Waals surface area contributed by atoms with Crippen molar-refractivity contribution in [3.05, 3.63) is 62.7 Å². The first kappa shape index (κ1) is 21.1. The standard InChI is InChI=1S/C21H14Cl3NO4/c1-11(26)28-19-8-4-14(22)9-13(19)3-5-15-6-7-16-17(23)10-18(24)21(20(16)25-15)29-12(2)27/h3-10H,1-2H3/b5-3+. The number of benzene rings is 2. The van der Waals surface area contributed by atoms with Crippen molar-refractivity contribution in [3.8, 4) is 11.5 Å². The first-order chi connectivity index (χ1) is 13.7. The molecule has 8 heteroatoms. The zero-order valence-electron chi connectivity index (χ0n) is 15.3. The third-order valence-electron chi connectivity index (χ3n) is 3.76. The van der Waals surface area contributed by atoms with Gasteiger partial charge in [0.15, 0.2) is 5.75 Å². The van der Waals surface area contributed by atoms with Crippen molar-refractivity contribution in [3.63, 3.8) is 0 Å². The Morgan fingerprint density at radius 2 is 1.62 bits per heavy atom. The molecule has 0 N–H and O–H groups in total. The van der Waals surface area contributed by atoms with Crippen LogP contribution in [0.3, 0.4) is 0 Å². The van der Waals surface area contributed by atoms with Gasteiger partial charge in [0.05, 0.1) is 15.7 Å². The summed E-state index contributed by atoms with van der Waals surface area (Å²) in [5, 5.41) is 1.64. The van der Waals surface area contributed by atoms with Crippen LogP contribution in [-0.2, 0) is 9.59 Å². The van der Waals surface area contributed by atoms with Crippen LogP contribution in [0.15, 0.2) is 36.4 Å². The van der Waals surface area contributed by atoms with Crippen LogP contribution in [0, 0.1) is 0 Å². The number of carbonyl (C=O) groups is 2. The smallest absolute Gasteiger partial charge is 0.308 e. The molecule has 0 atom stereocenters. The Hall–Kier alpha value is -2.60. The number of nitrogens with zero attached hydrogens (tertiary/aromatic N) is 1. The number of hydrogen-bond donors (Lipinski definition) is 0. The summed E-state index contributed by atoms with van der Waals surface area (Å²) in [6.45, 7) is 2.59. The Balaban J connectivity index is 2.07. The molecule has 2 aromatic carbocycles. The van der Waals surface area contributed by atoms with Gasteiger partial charge in [-0.15, -0.1) is 0 Å². The molecule has 0 saturated heterocycles. The van der Waals surface area contributed by atoms with E-state index < -0.39 is 11.9 Å². The number of pyridine rings is 1. The van der Waals surface area contributed by atoms with Crippen molar-refractivity contribution in [1.82, 2.24) is 4.98 Å². The number of fused-ring (bicyclic) bond motifs is 1. The molecule has 0 fully saturated rings. The molecule has 1 aromatic heterocycles. The maximum atomic E-state index is 11.4. The van der Waals surface area contributed by atoms with E-state index >= 15 is 0 Å². The molecule has 1 heterocycles. The molecule has 0 radical (unpaired) electrons. The minimum atomic E-state index is -0.525. The van der Waals surface area contributed by atoms with Crippen LogP contribution >= 0.6 is 34.8 Å². The van der Waals surface area contributed by atoms with E-state index in [4.69, 9.17) is 44.3 Å². The lowest BCUT2D eigenvalue weighted by Gasteiger charge is -2.10. The van der Waals surface area contributed by atoms with E-state index in [0.29, 0.717) is 38.0 Å². The largest absolute Gasteiger partial charge is 0.426 e. The Morgan fingerprint density at radius 3 is 2.31 bits per heavy atom. The highest BCUT2D eigenvalue weighted by Crippen LogP contribution is 2.37. The van der Waals surface area contributed by atoms with Gasteiger partial charge in [-0.3, -0.25) is 9.59 Å². The fraction of sp³-hybridized carbons (Fsp3) is 0.0952. The molecule has 0 bridgehead atoms. The van der Waals surface area contributed by atoms with Gasteiger partial charge in [-0.05, 0) is 48.6 Å². The third-order valence-corrected chi connectivity index (χ3v) is 4.59. The Morgan fingerprint density at radius 1 is 0.897 bits per heavy atom. The number of rotatable bonds is 4. The molecule has 0 aliphatic rings. The van der Waals surface area contributed by atoms with Gasteiger partial charge in [-0.1, -0.05) is 34.8 Å². The van der Waals surface area contributed by atoms with Gasteiger partial charge in [0.1, 0.15) is 11.3 Å². The van der Waals surface area contributed by atoms with E-state index in [-0.39, 0.29) is 10.8 Å². The molecule has 0 aliphatic heterocycles. The molecule has 0 amide bonds. The van der Waals surface area contributed by atoms with Crippen molar-refractivity contribution >= 4 is 69.8 Å². The van der Waals surface area contributed by atoms with Gasteiger partial charge < -0.3 is 9.47 Å². The van der Waals surface area contributed by atoms with Crippen molar-refractivity contribution in [1.29, 1.82) is 0 Å². The predicted octanol–water partition coefficient (Wildman–Crippen LogP) is 6.22. The van der Waals surface area contributed by atoms with Crippen molar-refractivity contribution in [2.75, 3.05) is 0 Å². The van der Waals surface area contributed by atoms with Gasteiger partial charge in [0.2, 0.25) is 0 Å². The van der Waals surface area contributed by atoms with Crippen LogP contribution < -0.4 is 9.47 Å². The van der Waals surface area contributed by atoms with Crippen LogP contribution in [0.5, 0.6) is 11.5 Å². The summed E-state index contributed by atoms with van der Waals surface area (Å²) in [6.07, 6.45) is 3.40. The molecule has 3 aromatic rings. The highest BCUT2D eigenvalue weighted by Gasteiger charge is 2.15. The Kier molecular flexibility index (Phi) is 6.42. The molecular weight excluding hydrogens is 437 g/mol. The molecule has 148 valence electrons. The average Bonchev–Trinajstić information content (AvgIpc) is 2.64. The summed E-state index contributed by atoms with van der Waals surface area (Å²) in [6, 6.07) is 9.88. The summed E-state index contributed by atoms with van der Waals surface area (Å²) >= 11 is 18.5. The van der Waals surface area contributed by atoms with Gasteiger partial charge in [-0.2, -0.15) is 0 Å². The van der Waals surface area contributed by atoms with Crippen LogP contribution in [-0.4, -0.2) is 16.9 Å². The second-order valence-corrected chi connectivity index (χ2v) is 7.26. The number of hydrogen-bond acceptors (Lipinski definition) is 5. The number of carbonyl (C=O) groups excluding carboxylic acids is 2. The summed E-state index contributed by atoms with van der Waals surface area (Å²) < 4.78 is 10.4. The van der Waals surface area contributed by atoms with Crippen LogP contribution in [0.25, 0.3) is 23.1 Å². The highest BCUT2D eigenvalue weighted by molar-refractivity contribution is 6.39.